The fraction of sp³-hybridized carbons (Fsp3) is 0.789. The number of hydrogen-bond acceptors (Lipinski definition) is 6. The van der Waals surface area contributed by atoms with Crippen LogP contribution in [0.4, 0.5) is 0 Å². The van der Waals surface area contributed by atoms with Gasteiger partial charge >= 0.3 is 11.9 Å². The predicted molar refractivity (Wildman–Crippen MR) is 104 cm³/mol. The number of carbonyl (C=O) groups excluding carboxylic acids is 2. The molecule has 0 aromatic carbocycles. The lowest BCUT2D eigenvalue weighted by molar-refractivity contribution is -0.153. The summed E-state index contributed by atoms with van der Waals surface area (Å²) >= 11 is 0. The average molecular weight is 407 g/mol. The molecule has 0 fully saturated rings. The molecule has 0 amide bonds. The van der Waals surface area contributed by atoms with Gasteiger partial charge in [-0.2, -0.15) is 8.42 Å². The minimum absolute atomic E-state index is 0.109. The molecule has 1 N–H and O–H groups in total. The van der Waals surface area contributed by atoms with Crippen LogP contribution in [-0.2, 0) is 29.2 Å². The summed E-state index contributed by atoms with van der Waals surface area (Å²) in [5.41, 5.74) is 0. The second-order valence-corrected chi connectivity index (χ2v) is 8.18. The van der Waals surface area contributed by atoms with Gasteiger partial charge in [0, 0.05) is 0 Å². The van der Waals surface area contributed by atoms with Crippen LogP contribution in [-0.4, -0.2) is 42.9 Å². The third kappa shape index (κ3) is 12.6. The molecule has 0 aliphatic heterocycles. The fourth-order valence-corrected chi connectivity index (χ4v) is 3.29. The first-order valence-corrected chi connectivity index (χ1v) is 11.2. The summed E-state index contributed by atoms with van der Waals surface area (Å²) in [6.07, 6.45) is 8.65. The summed E-state index contributed by atoms with van der Waals surface area (Å²) in [5.74, 6) is -2.03. The van der Waals surface area contributed by atoms with Crippen molar-refractivity contribution in [2.75, 3.05) is 6.61 Å². The zero-order valence-electron chi connectivity index (χ0n) is 16.5. The molecule has 0 saturated carbocycles. The van der Waals surface area contributed by atoms with Gasteiger partial charge in [-0.3, -0.25) is 14.1 Å². The first-order valence-electron chi connectivity index (χ1n) is 9.69. The number of esters is 2. The molecular weight excluding hydrogens is 372 g/mol. The van der Waals surface area contributed by atoms with Gasteiger partial charge in [0.1, 0.15) is 12.7 Å². The highest BCUT2D eigenvalue weighted by Crippen LogP contribution is 2.17. The van der Waals surface area contributed by atoms with Gasteiger partial charge in [-0.1, -0.05) is 65.0 Å². The van der Waals surface area contributed by atoms with Crippen molar-refractivity contribution < 1.29 is 32.0 Å². The van der Waals surface area contributed by atoms with Crippen LogP contribution < -0.4 is 0 Å². The van der Waals surface area contributed by atoms with Crippen molar-refractivity contribution in [1.82, 2.24) is 0 Å². The Morgan fingerprint density at radius 2 is 1.67 bits per heavy atom. The van der Waals surface area contributed by atoms with Crippen molar-refractivity contribution in [3.05, 3.63) is 12.7 Å². The number of carbonyl (C=O) groups is 2. The maximum Gasteiger partial charge on any atom is 0.327 e. The smallest absolute Gasteiger partial charge is 0.327 e. The third-order valence-corrected chi connectivity index (χ3v) is 5.19. The van der Waals surface area contributed by atoms with E-state index >= 15 is 0 Å². The van der Waals surface area contributed by atoms with Crippen LogP contribution in [0.2, 0.25) is 0 Å². The van der Waals surface area contributed by atoms with Crippen LogP contribution >= 0.6 is 0 Å². The molecule has 27 heavy (non-hydrogen) atoms. The van der Waals surface area contributed by atoms with E-state index in [1.54, 1.807) is 0 Å². The summed E-state index contributed by atoms with van der Waals surface area (Å²) in [7, 11) is -4.78. The molecule has 0 aliphatic carbocycles. The Morgan fingerprint density at radius 1 is 1.04 bits per heavy atom. The van der Waals surface area contributed by atoms with E-state index in [0.717, 1.165) is 25.7 Å². The van der Waals surface area contributed by atoms with Crippen molar-refractivity contribution in [2.45, 2.75) is 89.4 Å². The van der Waals surface area contributed by atoms with Crippen molar-refractivity contribution in [2.24, 2.45) is 0 Å². The quantitative estimate of drug-likeness (QED) is 0.180. The van der Waals surface area contributed by atoms with E-state index in [4.69, 9.17) is 9.47 Å². The first kappa shape index (κ1) is 25.6. The summed E-state index contributed by atoms with van der Waals surface area (Å²) < 4.78 is 42.3. The zero-order valence-corrected chi connectivity index (χ0v) is 17.3. The highest BCUT2D eigenvalue weighted by Gasteiger charge is 2.36. The summed E-state index contributed by atoms with van der Waals surface area (Å²) in [5, 5.41) is -1.97. The summed E-state index contributed by atoms with van der Waals surface area (Å²) in [6, 6.07) is 0. The van der Waals surface area contributed by atoms with Crippen LogP contribution in [0.25, 0.3) is 0 Å². The number of hydrogen-bond donors (Lipinski definition) is 1. The van der Waals surface area contributed by atoms with Crippen molar-refractivity contribution >= 4 is 22.1 Å². The average Bonchev–Trinajstić information content (AvgIpc) is 2.59. The molecule has 8 heteroatoms. The molecule has 0 saturated heterocycles. The molecule has 158 valence electrons. The van der Waals surface area contributed by atoms with E-state index in [-0.39, 0.29) is 6.61 Å². The topological polar surface area (TPSA) is 107 Å². The molecule has 0 aliphatic rings. The molecule has 0 aromatic rings. The minimum Gasteiger partial charge on any atom is -0.461 e. The van der Waals surface area contributed by atoms with Crippen LogP contribution in [0.1, 0.15) is 78.1 Å². The van der Waals surface area contributed by atoms with E-state index in [1.165, 1.54) is 25.3 Å². The number of rotatable bonds is 16. The van der Waals surface area contributed by atoms with E-state index in [2.05, 4.69) is 13.5 Å². The van der Waals surface area contributed by atoms with Crippen molar-refractivity contribution in [1.29, 1.82) is 0 Å². The van der Waals surface area contributed by atoms with Gasteiger partial charge in [0.2, 0.25) is 0 Å². The first-order chi connectivity index (χ1) is 12.8. The summed E-state index contributed by atoms with van der Waals surface area (Å²) in [4.78, 5) is 23.9. The second kappa shape index (κ2) is 14.6. The third-order valence-electron chi connectivity index (χ3n) is 4.11. The Morgan fingerprint density at radius 3 is 2.22 bits per heavy atom. The molecule has 0 radical (unpaired) electrons. The standard InChI is InChI=1S/C19H34O7S/c1-4-7-8-9-10-11-13-16(12-5-2)26-19(21)17(27(22,23)24)15-18(20)25-14-6-3/h6,16-17H,3-5,7-15H2,1-2H3,(H,22,23,24). The lowest BCUT2D eigenvalue weighted by Gasteiger charge is -2.20. The predicted octanol–water partition coefficient (Wildman–Crippen LogP) is 3.82. The van der Waals surface area contributed by atoms with Crippen LogP contribution in [0.3, 0.4) is 0 Å². The van der Waals surface area contributed by atoms with Gasteiger partial charge in [0.15, 0.2) is 5.25 Å². The largest absolute Gasteiger partial charge is 0.461 e. The fourth-order valence-electron chi connectivity index (χ4n) is 2.65. The molecule has 7 nitrogen and oxygen atoms in total. The molecule has 0 rings (SSSR count). The SMILES string of the molecule is C=CCOC(=O)CC(C(=O)OC(CCC)CCCCCCCC)S(=O)(=O)O. The minimum atomic E-state index is -4.78. The van der Waals surface area contributed by atoms with Crippen molar-refractivity contribution in [3.63, 3.8) is 0 Å². The molecular formula is C19H34O7S. The van der Waals surface area contributed by atoms with Gasteiger partial charge in [-0.05, 0) is 19.3 Å². The van der Waals surface area contributed by atoms with Gasteiger partial charge in [-0.25, -0.2) is 0 Å². The van der Waals surface area contributed by atoms with E-state index < -0.39 is 39.8 Å². The van der Waals surface area contributed by atoms with Crippen LogP contribution in [0.5, 0.6) is 0 Å². The Kier molecular flexibility index (Phi) is 13.9. The Bertz CT molecular complexity index is 542. The summed E-state index contributed by atoms with van der Waals surface area (Å²) in [6.45, 7) is 7.35. The Balaban J connectivity index is 4.71. The highest BCUT2D eigenvalue weighted by molar-refractivity contribution is 7.87. The number of ether oxygens (including phenoxy) is 2. The lowest BCUT2D eigenvalue weighted by Crippen LogP contribution is -2.36. The monoisotopic (exact) mass is 406 g/mol. The lowest BCUT2D eigenvalue weighted by atomic mass is 10.0. The Hall–Kier alpha value is -1.41. The molecule has 0 bridgehead atoms. The van der Waals surface area contributed by atoms with Gasteiger partial charge < -0.3 is 9.47 Å². The molecule has 0 heterocycles. The van der Waals surface area contributed by atoms with Gasteiger partial charge in [0.25, 0.3) is 10.1 Å². The highest BCUT2D eigenvalue weighted by atomic mass is 32.2. The Labute approximate surface area is 163 Å². The maximum absolute atomic E-state index is 12.3. The van der Waals surface area contributed by atoms with E-state index in [1.807, 2.05) is 6.92 Å². The maximum atomic E-state index is 12.3. The molecule has 0 spiro atoms. The van der Waals surface area contributed by atoms with Crippen LogP contribution in [0, 0.1) is 0 Å². The molecule has 2 atom stereocenters. The van der Waals surface area contributed by atoms with Gasteiger partial charge in [0.05, 0.1) is 6.42 Å². The second-order valence-electron chi connectivity index (χ2n) is 6.58. The van der Waals surface area contributed by atoms with Crippen LogP contribution in [0.15, 0.2) is 12.7 Å². The van der Waals surface area contributed by atoms with Crippen molar-refractivity contribution in [3.8, 4) is 0 Å². The van der Waals surface area contributed by atoms with E-state index in [9.17, 15) is 22.6 Å². The molecule has 0 aromatic heterocycles. The van der Waals surface area contributed by atoms with Gasteiger partial charge in [-0.15, -0.1) is 0 Å². The number of unbranched alkanes of at least 4 members (excludes halogenated alkanes) is 5. The zero-order chi connectivity index (χ0) is 20.7. The normalized spacial score (nSPS) is 13.6. The molecule has 2 unspecified atom stereocenters. The van der Waals surface area contributed by atoms with E-state index in [0.29, 0.717) is 12.8 Å².